The van der Waals surface area contributed by atoms with Crippen LogP contribution in [0.2, 0.25) is 0 Å². The second-order valence-electron chi connectivity index (χ2n) is 5.11. The number of nitrogens with one attached hydrogen (secondary N) is 1. The van der Waals surface area contributed by atoms with Gasteiger partial charge < -0.3 is 11.1 Å². The fourth-order valence-electron chi connectivity index (χ4n) is 2.55. The van der Waals surface area contributed by atoms with Gasteiger partial charge in [0.05, 0.1) is 23.6 Å². The van der Waals surface area contributed by atoms with E-state index in [0.29, 0.717) is 19.0 Å². The third-order valence-corrected chi connectivity index (χ3v) is 4.17. The van der Waals surface area contributed by atoms with E-state index in [1.165, 1.54) is 0 Å². The number of rotatable bonds is 4. The van der Waals surface area contributed by atoms with Crippen molar-refractivity contribution in [3.8, 4) is 0 Å². The summed E-state index contributed by atoms with van der Waals surface area (Å²) in [7, 11) is 0. The molecule has 1 fully saturated rings. The average Bonchev–Trinajstić information content (AvgIpc) is 3.07. The van der Waals surface area contributed by atoms with E-state index in [-0.39, 0.29) is 18.3 Å². The molecule has 2 heterocycles. The highest BCUT2D eigenvalue weighted by Crippen LogP contribution is 2.38. The molecule has 0 radical (unpaired) electrons. The van der Waals surface area contributed by atoms with Crippen molar-refractivity contribution in [3.63, 3.8) is 0 Å². The lowest BCUT2D eigenvalue weighted by Gasteiger charge is -2.15. The quantitative estimate of drug-likeness (QED) is 0.901. The second-order valence-corrected chi connectivity index (χ2v) is 5.64. The van der Waals surface area contributed by atoms with Crippen molar-refractivity contribution in [2.45, 2.75) is 6.42 Å². The molecule has 1 aromatic rings. The van der Waals surface area contributed by atoms with E-state index < -0.39 is 0 Å². The minimum absolute atomic E-state index is 0. The molecule has 1 unspecified atom stereocenters. The van der Waals surface area contributed by atoms with Crippen LogP contribution < -0.4 is 11.1 Å². The van der Waals surface area contributed by atoms with Gasteiger partial charge in [0.1, 0.15) is 11.4 Å². The zero-order chi connectivity index (χ0) is 13.9. The molecule has 0 spiro atoms. The van der Waals surface area contributed by atoms with Gasteiger partial charge in [0.15, 0.2) is 0 Å². The summed E-state index contributed by atoms with van der Waals surface area (Å²) < 4.78 is 8.38. The molecule has 0 bridgehead atoms. The smallest absolute Gasteiger partial charge is 0.238 e. The number of likely N-dealkylation sites (tertiary alicyclic amines) is 1. The van der Waals surface area contributed by atoms with E-state index in [1.54, 1.807) is 0 Å². The van der Waals surface area contributed by atoms with Gasteiger partial charge in [-0.2, -0.15) is 8.73 Å². The van der Waals surface area contributed by atoms with Crippen LogP contribution in [0.5, 0.6) is 0 Å². The van der Waals surface area contributed by atoms with Gasteiger partial charge in [0.2, 0.25) is 5.91 Å². The van der Waals surface area contributed by atoms with Gasteiger partial charge in [-0.15, -0.1) is 12.4 Å². The predicted molar refractivity (Wildman–Crippen MR) is 87.5 cm³/mol. The van der Waals surface area contributed by atoms with Crippen LogP contribution in [0.25, 0.3) is 0 Å². The van der Waals surface area contributed by atoms with Crippen molar-refractivity contribution in [2.24, 2.45) is 20.4 Å². The lowest BCUT2D eigenvalue weighted by molar-refractivity contribution is -0.117. The number of nitrogens with two attached hydrogens (primary N) is 1. The third-order valence-electron chi connectivity index (χ3n) is 3.63. The fraction of sp³-hybridized carbons (Fsp3) is 0.462. The first-order valence-corrected chi connectivity index (χ1v) is 7.43. The highest BCUT2D eigenvalue weighted by Gasteiger charge is 2.23. The Bertz CT molecular complexity index is 602. The summed E-state index contributed by atoms with van der Waals surface area (Å²) in [4.78, 5) is 14.2. The lowest BCUT2D eigenvalue weighted by atomic mass is 10.1. The van der Waals surface area contributed by atoms with E-state index in [0.717, 1.165) is 47.9 Å². The van der Waals surface area contributed by atoms with E-state index in [1.807, 2.05) is 18.2 Å². The molecule has 1 aromatic carbocycles. The first kappa shape index (κ1) is 16.1. The van der Waals surface area contributed by atoms with Crippen molar-refractivity contribution in [3.05, 3.63) is 18.2 Å². The molecule has 1 amide bonds. The highest BCUT2D eigenvalue weighted by molar-refractivity contribution is 7.58. The largest absolute Gasteiger partial charge is 0.330 e. The molecule has 3 N–H and O–H groups in total. The molecule has 8 heteroatoms. The number of halogens is 1. The lowest BCUT2D eigenvalue weighted by Crippen LogP contribution is -2.32. The van der Waals surface area contributed by atoms with Crippen molar-refractivity contribution in [1.82, 2.24) is 4.90 Å². The number of anilines is 1. The van der Waals surface area contributed by atoms with Crippen LogP contribution in [0, 0.1) is 5.92 Å². The Hall–Kier alpha value is -1.28. The van der Waals surface area contributed by atoms with Crippen LogP contribution in [-0.2, 0) is 16.1 Å². The van der Waals surface area contributed by atoms with E-state index in [9.17, 15) is 4.79 Å². The van der Waals surface area contributed by atoms with Gasteiger partial charge in [-0.3, -0.25) is 9.69 Å². The van der Waals surface area contributed by atoms with Gasteiger partial charge in [-0.1, -0.05) is 6.07 Å². The first-order valence-electron chi connectivity index (χ1n) is 6.70. The van der Waals surface area contributed by atoms with Crippen molar-refractivity contribution < 1.29 is 4.79 Å². The monoisotopic (exact) mass is 327 g/mol. The van der Waals surface area contributed by atoms with Crippen molar-refractivity contribution >= 4 is 46.7 Å². The van der Waals surface area contributed by atoms with E-state index in [4.69, 9.17) is 5.73 Å². The number of fused-ring (bicyclic) bond motifs is 1. The summed E-state index contributed by atoms with van der Waals surface area (Å²) >= 11 is 1.15. The van der Waals surface area contributed by atoms with Gasteiger partial charge >= 0.3 is 0 Å². The number of amides is 1. The molecule has 1 atom stereocenters. The molecule has 0 aromatic heterocycles. The Morgan fingerprint density at radius 1 is 1.48 bits per heavy atom. The molecule has 0 aliphatic carbocycles. The number of carbonyl (C=O) groups excluding carboxylic acids is 1. The van der Waals surface area contributed by atoms with Gasteiger partial charge in [-0.05, 0) is 37.6 Å². The molecular weight excluding hydrogens is 310 g/mol. The number of hydrogen-bond acceptors (Lipinski definition) is 5. The Morgan fingerprint density at radius 3 is 3.10 bits per heavy atom. The third kappa shape index (κ3) is 3.68. The van der Waals surface area contributed by atoms with Gasteiger partial charge in [0.25, 0.3) is 0 Å². The molecular formula is C13H18ClN5OS. The summed E-state index contributed by atoms with van der Waals surface area (Å²) in [6.07, 6.45) is 1.08. The van der Waals surface area contributed by atoms with Gasteiger partial charge in [0, 0.05) is 6.54 Å². The van der Waals surface area contributed by atoms with Crippen LogP contribution in [0.1, 0.15) is 6.42 Å². The predicted octanol–water partition coefficient (Wildman–Crippen LogP) is 2.05. The molecule has 1 saturated heterocycles. The second kappa shape index (κ2) is 7.13. The zero-order valence-electron chi connectivity index (χ0n) is 11.5. The Balaban J connectivity index is 0.00000161. The molecule has 2 aliphatic heterocycles. The molecule has 6 nitrogen and oxygen atoms in total. The fourth-order valence-corrected chi connectivity index (χ4v) is 3.10. The number of hydrogen-bond donors (Lipinski definition) is 2. The highest BCUT2D eigenvalue weighted by atomic mass is 35.5. The van der Waals surface area contributed by atoms with Crippen molar-refractivity contribution in [2.75, 3.05) is 31.5 Å². The summed E-state index contributed by atoms with van der Waals surface area (Å²) in [6.45, 7) is 2.95. The summed E-state index contributed by atoms with van der Waals surface area (Å²) in [6, 6.07) is 5.62. The summed E-state index contributed by atoms with van der Waals surface area (Å²) in [5, 5.41) is 2.92. The van der Waals surface area contributed by atoms with E-state index in [2.05, 4.69) is 18.9 Å². The normalized spacial score (nSPS) is 19.8. The Morgan fingerprint density at radius 2 is 2.33 bits per heavy atom. The number of benzene rings is 1. The Kier molecular flexibility index (Phi) is 5.46. The average molecular weight is 328 g/mol. The molecule has 0 saturated carbocycles. The van der Waals surface area contributed by atoms with Gasteiger partial charge in [-0.25, -0.2) is 0 Å². The Labute approximate surface area is 133 Å². The SMILES string of the molecule is Cl.NCC1CCN(CC(=O)Nc2cccc3c2N=S=N3)C1. The van der Waals surface area contributed by atoms with Crippen LogP contribution in [0.4, 0.5) is 17.1 Å². The molecule has 21 heavy (non-hydrogen) atoms. The topological polar surface area (TPSA) is 83.1 Å². The van der Waals surface area contributed by atoms with Crippen LogP contribution >= 0.6 is 12.4 Å². The first-order chi connectivity index (χ1) is 9.76. The molecule has 2 aliphatic rings. The molecule has 114 valence electrons. The maximum absolute atomic E-state index is 12.1. The summed E-state index contributed by atoms with van der Waals surface area (Å²) in [5.41, 5.74) is 7.97. The minimum Gasteiger partial charge on any atom is -0.330 e. The van der Waals surface area contributed by atoms with E-state index >= 15 is 0 Å². The van der Waals surface area contributed by atoms with Crippen LogP contribution in [-0.4, -0.2) is 37.0 Å². The maximum atomic E-state index is 12.1. The zero-order valence-corrected chi connectivity index (χ0v) is 13.1. The maximum Gasteiger partial charge on any atom is 0.238 e. The minimum atomic E-state index is -0.0110. The van der Waals surface area contributed by atoms with Crippen LogP contribution in [0.3, 0.4) is 0 Å². The van der Waals surface area contributed by atoms with Crippen molar-refractivity contribution in [1.29, 1.82) is 0 Å². The number of nitrogens with zero attached hydrogens (tertiary/aromatic N) is 3. The van der Waals surface area contributed by atoms with Crippen LogP contribution in [0.15, 0.2) is 26.9 Å². The summed E-state index contributed by atoms with van der Waals surface area (Å²) in [5.74, 6) is 0.511. The molecule has 3 rings (SSSR count). The number of carbonyl (C=O) groups is 1. The standard InChI is InChI=1S/C13H17N5OS.ClH/c14-6-9-4-5-18(7-9)8-12(19)15-10-2-1-3-11-13(10)17-20-16-11;/h1-3,9H,4-8,14H2,(H,15,19);1H.